The quantitative estimate of drug-likeness (QED) is 0.781. The van der Waals surface area contributed by atoms with E-state index in [0.717, 1.165) is 28.5 Å². The number of Topliss-reactive ketones (excluding diaryl/α,β-unsaturated/α-hetero) is 1. The van der Waals surface area contributed by atoms with E-state index in [1.165, 1.54) is 4.88 Å². The fourth-order valence-electron chi connectivity index (χ4n) is 1.57. The predicted molar refractivity (Wildman–Crippen MR) is 57.1 cm³/mol. The Balaban J connectivity index is 2.33. The average molecular weight is 231 g/mol. The number of halogens is 1. The smallest absolute Gasteiger partial charge is 0.135 e. The molecule has 0 fully saturated rings. The van der Waals surface area contributed by atoms with Crippen molar-refractivity contribution in [2.24, 2.45) is 0 Å². The van der Waals surface area contributed by atoms with Crippen LogP contribution in [0.2, 0.25) is 5.02 Å². The first kappa shape index (κ1) is 10.1. The summed E-state index contributed by atoms with van der Waals surface area (Å²) in [6, 6.07) is 0. The van der Waals surface area contributed by atoms with Gasteiger partial charge in [-0.25, -0.2) is 0 Å². The van der Waals surface area contributed by atoms with E-state index in [0.29, 0.717) is 13.0 Å². The Morgan fingerprint density at radius 2 is 2.43 bits per heavy atom. The monoisotopic (exact) mass is 230 g/mol. The molecule has 0 aromatic carbocycles. The number of ether oxygens (including phenoxy) is 1. The van der Waals surface area contributed by atoms with E-state index in [4.69, 9.17) is 16.3 Å². The molecule has 0 N–H and O–H groups in total. The Labute approximate surface area is 91.8 Å². The molecule has 4 heteroatoms. The molecule has 0 saturated heterocycles. The van der Waals surface area contributed by atoms with Crippen LogP contribution in [0.3, 0.4) is 0 Å². The first-order chi connectivity index (χ1) is 6.68. The Morgan fingerprint density at radius 1 is 1.64 bits per heavy atom. The number of rotatable bonds is 2. The van der Waals surface area contributed by atoms with E-state index >= 15 is 0 Å². The van der Waals surface area contributed by atoms with Crippen molar-refractivity contribution in [3.8, 4) is 0 Å². The molecule has 2 heterocycles. The second-order valence-corrected chi connectivity index (χ2v) is 4.99. The third kappa shape index (κ3) is 1.85. The molecule has 0 unspecified atom stereocenters. The van der Waals surface area contributed by atoms with Crippen LogP contribution in [0.25, 0.3) is 0 Å². The van der Waals surface area contributed by atoms with E-state index in [1.54, 1.807) is 18.3 Å². The molecule has 0 saturated carbocycles. The van der Waals surface area contributed by atoms with Gasteiger partial charge < -0.3 is 4.74 Å². The fourth-order valence-corrected chi connectivity index (χ4v) is 3.23. The number of hydrogen-bond donors (Lipinski definition) is 0. The molecule has 1 aliphatic heterocycles. The number of ketones is 1. The second-order valence-electron chi connectivity index (χ2n) is 3.42. The standard InChI is InChI=1S/C10H11ClO2S/c1-6(12)4-9-10(11)7-5-13-3-2-8(7)14-9/h2-5H2,1H3. The van der Waals surface area contributed by atoms with Crippen molar-refractivity contribution in [3.05, 3.63) is 20.3 Å². The van der Waals surface area contributed by atoms with E-state index < -0.39 is 0 Å². The Hall–Kier alpha value is -0.380. The minimum atomic E-state index is 0.159. The number of fused-ring (bicyclic) bond motifs is 1. The molecule has 14 heavy (non-hydrogen) atoms. The summed E-state index contributed by atoms with van der Waals surface area (Å²) in [5.41, 5.74) is 1.10. The van der Waals surface area contributed by atoms with Crippen molar-refractivity contribution in [1.82, 2.24) is 0 Å². The highest BCUT2D eigenvalue weighted by Gasteiger charge is 2.20. The van der Waals surface area contributed by atoms with Crippen molar-refractivity contribution in [3.63, 3.8) is 0 Å². The lowest BCUT2D eigenvalue weighted by Crippen LogP contribution is -2.06. The van der Waals surface area contributed by atoms with Gasteiger partial charge in [0.15, 0.2) is 0 Å². The van der Waals surface area contributed by atoms with Gasteiger partial charge in [0, 0.05) is 28.2 Å². The van der Waals surface area contributed by atoms with Gasteiger partial charge >= 0.3 is 0 Å². The summed E-state index contributed by atoms with van der Waals surface area (Å²) in [7, 11) is 0. The Bertz CT molecular complexity index is 370. The van der Waals surface area contributed by atoms with Crippen molar-refractivity contribution < 1.29 is 9.53 Å². The van der Waals surface area contributed by atoms with E-state index in [2.05, 4.69) is 0 Å². The third-order valence-electron chi connectivity index (χ3n) is 2.22. The molecule has 76 valence electrons. The SMILES string of the molecule is CC(=O)Cc1sc2c(c1Cl)COCC2. The van der Waals surface area contributed by atoms with E-state index in [1.807, 2.05) is 0 Å². The van der Waals surface area contributed by atoms with Gasteiger partial charge in [0.1, 0.15) is 5.78 Å². The van der Waals surface area contributed by atoms with E-state index in [-0.39, 0.29) is 5.78 Å². The van der Waals surface area contributed by atoms with Crippen molar-refractivity contribution in [2.45, 2.75) is 26.4 Å². The minimum absolute atomic E-state index is 0.159. The van der Waals surface area contributed by atoms with Gasteiger partial charge in [-0.1, -0.05) is 11.6 Å². The average Bonchev–Trinajstić information content (AvgIpc) is 2.44. The van der Waals surface area contributed by atoms with Crippen LogP contribution >= 0.6 is 22.9 Å². The highest BCUT2D eigenvalue weighted by atomic mass is 35.5. The van der Waals surface area contributed by atoms with Gasteiger partial charge in [-0.05, 0) is 6.92 Å². The number of hydrogen-bond acceptors (Lipinski definition) is 3. The van der Waals surface area contributed by atoms with Crippen LogP contribution in [0, 0.1) is 0 Å². The van der Waals surface area contributed by atoms with Crippen molar-refractivity contribution in [1.29, 1.82) is 0 Å². The van der Waals surface area contributed by atoms with Gasteiger partial charge in [0.2, 0.25) is 0 Å². The van der Waals surface area contributed by atoms with Crippen LogP contribution in [0.1, 0.15) is 22.2 Å². The van der Waals surface area contributed by atoms with Gasteiger partial charge in [-0.2, -0.15) is 0 Å². The molecule has 0 radical (unpaired) electrons. The van der Waals surface area contributed by atoms with Gasteiger partial charge in [0.05, 0.1) is 18.2 Å². The Morgan fingerprint density at radius 3 is 3.07 bits per heavy atom. The van der Waals surface area contributed by atoms with Crippen LogP contribution in [0.4, 0.5) is 0 Å². The molecule has 1 aliphatic rings. The molecule has 0 aliphatic carbocycles. The van der Waals surface area contributed by atoms with Crippen molar-refractivity contribution >= 4 is 28.7 Å². The molecular weight excluding hydrogens is 220 g/mol. The molecule has 0 atom stereocenters. The topological polar surface area (TPSA) is 26.3 Å². The zero-order valence-corrected chi connectivity index (χ0v) is 9.50. The van der Waals surface area contributed by atoms with Crippen LogP contribution in [-0.4, -0.2) is 12.4 Å². The summed E-state index contributed by atoms with van der Waals surface area (Å²) >= 11 is 7.82. The maximum Gasteiger partial charge on any atom is 0.135 e. The number of thiophene rings is 1. The largest absolute Gasteiger partial charge is 0.376 e. The van der Waals surface area contributed by atoms with Gasteiger partial charge in [0.25, 0.3) is 0 Å². The third-order valence-corrected chi connectivity index (χ3v) is 4.08. The summed E-state index contributed by atoms with van der Waals surface area (Å²) in [6.07, 6.45) is 1.38. The van der Waals surface area contributed by atoms with E-state index in [9.17, 15) is 4.79 Å². The molecule has 2 nitrogen and oxygen atoms in total. The summed E-state index contributed by atoms with van der Waals surface area (Å²) in [5.74, 6) is 0.159. The highest BCUT2D eigenvalue weighted by molar-refractivity contribution is 7.13. The Kier molecular flexibility index (Phi) is 2.91. The lowest BCUT2D eigenvalue weighted by Gasteiger charge is -2.11. The summed E-state index contributed by atoms with van der Waals surface area (Å²) in [5, 5.41) is 0.750. The van der Waals surface area contributed by atoms with Crippen LogP contribution in [0.15, 0.2) is 0 Å². The van der Waals surface area contributed by atoms with Crippen LogP contribution in [-0.2, 0) is 29.0 Å². The predicted octanol–water partition coefficient (Wildman–Crippen LogP) is 2.61. The molecule has 0 bridgehead atoms. The summed E-state index contributed by atoms with van der Waals surface area (Å²) in [6.45, 7) is 2.96. The lowest BCUT2D eigenvalue weighted by atomic mass is 10.1. The lowest BCUT2D eigenvalue weighted by molar-refractivity contribution is -0.116. The fraction of sp³-hybridized carbons (Fsp3) is 0.500. The molecule has 1 aromatic rings. The first-order valence-corrected chi connectivity index (χ1v) is 5.74. The number of carbonyl (C=O) groups is 1. The molecule has 0 amide bonds. The van der Waals surface area contributed by atoms with Gasteiger partial charge in [-0.15, -0.1) is 11.3 Å². The van der Waals surface area contributed by atoms with Crippen molar-refractivity contribution in [2.75, 3.05) is 6.61 Å². The highest BCUT2D eigenvalue weighted by Crippen LogP contribution is 2.36. The zero-order chi connectivity index (χ0) is 10.1. The zero-order valence-electron chi connectivity index (χ0n) is 7.93. The molecule has 1 aromatic heterocycles. The second kappa shape index (κ2) is 4.01. The minimum Gasteiger partial charge on any atom is -0.376 e. The summed E-state index contributed by atoms with van der Waals surface area (Å²) < 4.78 is 5.33. The molecule has 2 rings (SSSR count). The molecule has 0 spiro atoms. The maximum atomic E-state index is 11.0. The maximum absolute atomic E-state index is 11.0. The van der Waals surface area contributed by atoms with Crippen LogP contribution in [0.5, 0.6) is 0 Å². The van der Waals surface area contributed by atoms with Crippen LogP contribution < -0.4 is 0 Å². The first-order valence-electron chi connectivity index (χ1n) is 4.54. The number of carbonyl (C=O) groups excluding carboxylic acids is 1. The summed E-state index contributed by atoms with van der Waals surface area (Å²) in [4.78, 5) is 13.3. The molecular formula is C10H11ClO2S. The normalized spacial score (nSPS) is 15.3. The van der Waals surface area contributed by atoms with Gasteiger partial charge in [-0.3, -0.25) is 4.79 Å².